The van der Waals surface area contributed by atoms with E-state index in [9.17, 15) is 4.39 Å². The topological polar surface area (TPSA) is 38.7 Å². The van der Waals surface area contributed by atoms with E-state index < -0.39 is 5.82 Å². The zero-order valence-corrected chi connectivity index (χ0v) is 8.33. The van der Waals surface area contributed by atoms with Gasteiger partial charge >= 0.3 is 0 Å². The average Bonchev–Trinajstić information content (AvgIpc) is 2.48. The molecule has 1 heterocycles. The first-order valence-corrected chi connectivity index (χ1v) is 5.01. The first kappa shape index (κ1) is 10.2. The van der Waals surface area contributed by atoms with Crippen molar-refractivity contribution in [2.75, 3.05) is 19.8 Å². The fourth-order valence-corrected chi connectivity index (χ4v) is 1.60. The Hall–Kier alpha value is -1.29. The second kappa shape index (κ2) is 4.49. The number of hydrogen-bond donors (Lipinski definition) is 1. The Morgan fingerprint density at radius 2 is 1.93 bits per heavy atom. The Bertz CT molecular complexity index is 352. The van der Waals surface area contributed by atoms with Gasteiger partial charge in [0.25, 0.3) is 0 Å². The van der Waals surface area contributed by atoms with Gasteiger partial charge in [-0.05, 0) is 12.5 Å². The summed E-state index contributed by atoms with van der Waals surface area (Å²) in [5, 5.41) is 8.87. The van der Waals surface area contributed by atoms with Crippen LogP contribution in [0.25, 0.3) is 0 Å². The molecule has 0 aromatic heterocycles. The van der Waals surface area contributed by atoms with Crippen molar-refractivity contribution >= 4 is 0 Å². The van der Waals surface area contributed by atoms with E-state index in [1.165, 1.54) is 6.07 Å². The smallest absolute Gasteiger partial charge is 0.197 e. The Balaban J connectivity index is 2.41. The summed E-state index contributed by atoms with van der Waals surface area (Å²) in [7, 11) is 0. The van der Waals surface area contributed by atoms with Gasteiger partial charge in [0.15, 0.2) is 17.3 Å². The number of rotatable bonds is 2. The molecule has 1 aliphatic heterocycles. The standard InChI is InChI=1S/C11H13FO3/c12-9-3-2-8(4-5-13)10-11(9)15-7-1-6-14-10/h2-3,13H,1,4-7H2. The summed E-state index contributed by atoms with van der Waals surface area (Å²) in [6, 6.07) is 2.97. The van der Waals surface area contributed by atoms with Crippen LogP contribution < -0.4 is 9.47 Å². The molecule has 82 valence electrons. The summed E-state index contributed by atoms with van der Waals surface area (Å²) in [6.45, 7) is 1.00. The molecular formula is C11H13FO3. The molecule has 2 rings (SSSR count). The van der Waals surface area contributed by atoms with Gasteiger partial charge in [-0.1, -0.05) is 6.07 Å². The van der Waals surface area contributed by atoms with Crippen LogP contribution in [0, 0.1) is 5.82 Å². The average molecular weight is 212 g/mol. The maximum Gasteiger partial charge on any atom is 0.197 e. The third kappa shape index (κ3) is 2.04. The summed E-state index contributed by atoms with van der Waals surface area (Å²) in [4.78, 5) is 0. The van der Waals surface area contributed by atoms with Crippen molar-refractivity contribution in [3.8, 4) is 11.5 Å². The zero-order valence-electron chi connectivity index (χ0n) is 8.33. The highest BCUT2D eigenvalue weighted by atomic mass is 19.1. The number of aliphatic hydroxyl groups is 1. The minimum atomic E-state index is -0.409. The van der Waals surface area contributed by atoms with E-state index >= 15 is 0 Å². The van der Waals surface area contributed by atoms with Crippen LogP contribution in [0.1, 0.15) is 12.0 Å². The summed E-state index contributed by atoms with van der Waals surface area (Å²) >= 11 is 0. The summed E-state index contributed by atoms with van der Waals surface area (Å²) in [6.07, 6.45) is 1.19. The lowest BCUT2D eigenvalue weighted by molar-refractivity contribution is 0.286. The van der Waals surface area contributed by atoms with Gasteiger partial charge in [-0.15, -0.1) is 0 Å². The Kier molecular flexibility index (Phi) is 3.06. The van der Waals surface area contributed by atoms with Crippen LogP contribution in [0.2, 0.25) is 0 Å². The molecule has 0 atom stereocenters. The van der Waals surface area contributed by atoms with Crippen molar-refractivity contribution in [3.63, 3.8) is 0 Å². The van der Waals surface area contributed by atoms with Crippen molar-refractivity contribution in [2.45, 2.75) is 12.8 Å². The normalized spacial score (nSPS) is 14.8. The second-order valence-electron chi connectivity index (χ2n) is 3.39. The van der Waals surface area contributed by atoms with Crippen molar-refractivity contribution in [3.05, 3.63) is 23.5 Å². The van der Waals surface area contributed by atoms with E-state index in [2.05, 4.69) is 0 Å². The molecule has 0 fully saturated rings. The molecule has 1 aliphatic rings. The molecule has 3 nitrogen and oxygen atoms in total. The number of hydrogen-bond acceptors (Lipinski definition) is 3. The molecule has 1 aromatic rings. The summed E-state index contributed by atoms with van der Waals surface area (Å²) < 4.78 is 24.1. The van der Waals surface area contributed by atoms with Gasteiger partial charge in [0.1, 0.15) is 0 Å². The molecule has 0 radical (unpaired) electrons. The van der Waals surface area contributed by atoms with Crippen molar-refractivity contribution in [1.29, 1.82) is 0 Å². The van der Waals surface area contributed by atoms with E-state index in [0.29, 0.717) is 25.4 Å². The van der Waals surface area contributed by atoms with Crippen LogP contribution in [0.5, 0.6) is 11.5 Å². The van der Waals surface area contributed by atoms with E-state index in [0.717, 1.165) is 12.0 Å². The van der Waals surface area contributed by atoms with Crippen molar-refractivity contribution in [1.82, 2.24) is 0 Å². The number of fused-ring (bicyclic) bond motifs is 1. The van der Waals surface area contributed by atoms with Crippen LogP contribution in [0.3, 0.4) is 0 Å². The molecule has 1 aromatic carbocycles. The maximum atomic E-state index is 13.4. The lowest BCUT2D eigenvalue weighted by Gasteiger charge is -2.12. The van der Waals surface area contributed by atoms with E-state index in [1.807, 2.05) is 0 Å². The Morgan fingerprint density at radius 1 is 1.20 bits per heavy atom. The fraction of sp³-hybridized carbons (Fsp3) is 0.455. The third-order valence-electron chi connectivity index (χ3n) is 2.31. The van der Waals surface area contributed by atoms with Crippen LogP contribution in [0.15, 0.2) is 12.1 Å². The fourth-order valence-electron chi connectivity index (χ4n) is 1.60. The summed E-state index contributed by atoms with van der Waals surface area (Å²) in [5.41, 5.74) is 0.788. The number of ether oxygens (including phenoxy) is 2. The highest BCUT2D eigenvalue weighted by molar-refractivity contribution is 5.48. The Labute approximate surface area is 87.4 Å². The van der Waals surface area contributed by atoms with Crippen LogP contribution in [-0.2, 0) is 6.42 Å². The van der Waals surface area contributed by atoms with Gasteiger partial charge in [-0.25, -0.2) is 4.39 Å². The molecule has 15 heavy (non-hydrogen) atoms. The molecule has 0 aliphatic carbocycles. The number of halogens is 1. The first-order valence-electron chi connectivity index (χ1n) is 5.01. The molecule has 4 heteroatoms. The Morgan fingerprint density at radius 3 is 2.67 bits per heavy atom. The van der Waals surface area contributed by atoms with Crippen molar-refractivity contribution < 1.29 is 19.0 Å². The molecule has 0 saturated heterocycles. The van der Waals surface area contributed by atoms with Gasteiger partial charge in [0.05, 0.1) is 13.2 Å². The lowest BCUT2D eigenvalue weighted by atomic mass is 10.1. The predicted molar refractivity (Wildman–Crippen MR) is 52.8 cm³/mol. The molecule has 0 spiro atoms. The SMILES string of the molecule is OCCc1ccc(F)c2c1OCCCO2. The molecular weight excluding hydrogens is 199 g/mol. The van der Waals surface area contributed by atoms with Gasteiger partial charge < -0.3 is 14.6 Å². The van der Waals surface area contributed by atoms with Crippen molar-refractivity contribution in [2.24, 2.45) is 0 Å². The van der Waals surface area contributed by atoms with Gasteiger partial charge in [-0.2, -0.15) is 0 Å². The molecule has 0 bridgehead atoms. The molecule has 0 saturated carbocycles. The van der Waals surface area contributed by atoms with E-state index in [4.69, 9.17) is 14.6 Å². The van der Waals surface area contributed by atoms with Gasteiger partial charge in [-0.3, -0.25) is 0 Å². The van der Waals surface area contributed by atoms with E-state index in [-0.39, 0.29) is 12.4 Å². The third-order valence-corrected chi connectivity index (χ3v) is 2.31. The number of benzene rings is 1. The quantitative estimate of drug-likeness (QED) is 0.807. The lowest BCUT2D eigenvalue weighted by Crippen LogP contribution is -2.00. The number of aliphatic hydroxyl groups excluding tert-OH is 1. The largest absolute Gasteiger partial charge is 0.489 e. The molecule has 0 amide bonds. The van der Waals surface area contributed by atoms with Crippen LogP contribution in [0.4, 0.5) is 4.39 Å². The van der Waals surface area contributed by atoms with Gasteiger partial charge in [0.2, 0.25) is 0 Å². The summed E-state index contributed by atoms with van der Waals surface area (Å²) in [5.74, 6) is 0.216. The van der Waals surface area contributed by atoms with Gasteiger partial charge in [0, 0.05) is 18.6 Å². The van der Waals surface area contributed by atoms with E-state index in [1.54, 1.807) is 6.07 Å². The van der Waals surface area contributed by atoms with Crippen LogP contribution >= 0.6 is 0 Å². The monoisotopic (exact) mass is 212 g/mol. The van der Waals surface area contributed by atoms with Crippen LogP contribution in [-0.4, -0.2) is 24.9 Å². The first-order chi connectivity index (χ1) is 7.33. The minimum Gasteiger partial charge on any atom is -0.489 e. The highest BCUT2D eigenvalue weighted by Gasteiger charge is 2.18. The predicted octanol–water partition coefficient (Wildman–Crippen LogP) is 1.52. The minimum absolute atomic E-state index is 0.0153. The second-order valence-corrected chi connectivity index (χ2v) is 3.39. The highest BCUT2D eigenvalue weighted by Crippen LogP contribution is 2.36. The zero-order chi connectivity index (χ0) is 10.7. The molecule has 1 N–H and O–H groups in total. The maximum absolute atomic E-state index is 13.4. The molecule has 0 unspecified atom stereocenters.